The van der Waals surface area contributed by atoms with Crippen LogP contribution in [0.2, 0.25) is 0 Å². The minimum Gasteiger partial charge on any atom is -0.398 e. The standard InChI is InChI=1S/C16H23N3O/c1-12(2)20-9-8-19(3)11-13-10-15(17)14-6-4-5-7-16(14)18-13/h4-7,10,12H,8-9,11H2,1-3H3,(H2,17,18). The van der Waals surface area contributed by atoms with Gasteiger partial charge in [0.15, 0.2) is 0 Å². The quantitative estimate of drug-likeness (QED) is 0.879. The maximum atomic E-state index is 6.09. The van der Waals surface area contributed by atoms with E-state index in [1.54, 1.807) is 0 Å². The number of anilines is 1. The Morgan fingerprint density at radius 2 is 2.05 bits per heavy atom. The first-order valence-electron chi connectivity index (χ1n) is 7.00. The van der Waals surface area contributed by atoms with E-state index in [1.165, 1.54) is 0 Å². The molecule has 4 nitrogen and oxygen atoms in total. The average molecular weight is 273 g/mol. The van der Waals surface area contributed by atoms with Crippen LogP contribution in [0.25, 0.3) is 10.9 Å². The van der Waals surface area contributed by atoms with Crippen molar-refractivity contribution in [2.24, 2.45) is 0 Å². The van der Waals surface area contributed by atoms with E-state index in [2.05, 4.69) is 16.9 Å². The second-order valence-electron chi connectivity index (χ2n) is 5.38. The van der Waals surface area contributed by atoms with Crippen LogP contribution in [0, 0.1) is 0 Å². The summed E-state index contributed by atoms with van der Waals surface area (Å²) in [5.74, 6) is 0. The van der Waals surface area contributed by atoms with Crippen LogP contribution < -0.4 is 5.73 Å². The van der Waals surface area contributed by atoms with Crippen molar-refractivity contribution in [3.05, 3.63) is 36.0 Å². The molecule has 0 bridgehead atoms. The van der Waals surface area contributed by atoms with Gasteiger partial charge in [0, 0.05) is 24.2 Å². The number of nitrogens with two attached hydrogens (primary N) is 1. The highest BCUT2D eigenvalue weighted by Crippen LogP contribution is 2.20. The molecule has 0 radical (unpaired) electrons. The van der Waals surface area contributed by atoms with E-state index in [4.69, 9.17) is 10.5 Å². The predicted octanol–water partition coefficient (Wildman–Crippen LogP) is 2.67. The van der Waals surface area contributed by atoms with Crippen LogP contribution >= 0.6 is 0 Å². The van der Waals surface area contributed by atoms with Gasteiger partial charge in [-0.3, -0.25) is 9.88 Å². The highest BCUT2D eigenvalue weighted by molar-refractivity contribution is 5.90. The summed E-state index contributed by atoms with van der Waals surface area (Å²) in [6, 6.07) is 9.93. The van der Waals surface area contributed by atoms with Crippen LogP contribution in [0.15, 0.2) is 30.3 Å². The molecule has 0 amide bonds. The average Bonchev–Trinajstić information content (AvgIpc) is 2.38. The molecule has 4 heteroatoms. The molecule has 1 aromatic heterocycles. The van der Waals surface area contributed by atoms with Gasteiger partial charge in [0.2, 0.25) is 0 Å². The molecular weight excluding hydrogens is 250 g/mol. The van der Waals surface area contributed by atoms with Gasteiger partial charge in [-0.15, -0.1) is 0 Å². The molecule has 108 valence electrons. The van der Waals surface area contributed by atoms with E-state index < -0.39 is 0 Å². The lowest BCUT2D eigenvalue weighted by Crippen LogP contribution is -2.24. The van der Waals surface area contributed by atoms with Gasteiger partial charge < -0.3 is 10.5 Å². The number of ether oxygens (including phenoxy) is 1. The summed E-state index contributed by atoms with van der Waals surface area (Å²) >= 11 is 0. The number of hydrogen-bond donors (Lipinski definition) is 1. The van der Waals surface area contributed by atoms with Gasteiger partial charge in [-0.25, -0.2) is 0 Å². The largest absolute Gasteiger partial charge is 0.398 e. The number of nitrogens with zero attached hydrogens (tertiary/aromatic N) is 2. The van der Waals surface area contributed by atoms with Crippen molar-refractivity contribution in [2.45, 2.75) is 26.5 Å². The summed E-state index contributed by atoms with van der Waals surface area (Å²) in [6.07, 6.45) is 0.276. The molecule has 20 heavy (non-hydrogen) atoms. The molecule has 0 spiro atoms. The monoisotopic (exact) mass is 273 g/mol. The number of pyridine rings is 1. The minimum atomic E-state index is 0.276. The summed E-state index contributed by atoms with van der Waals surface area (Å²) < 4.78 is 5.56. The zero-order valence-electron chi connectivity index (χ0n) is 12.5. The smallest absolute Gasteiger partial charge is 0.0726 e. The lowest BCUT2D eigenvalue weighted by Gasteiger charge is -2.17. The first-order valence-corrected chi connectivity index (χ1v) is 7.00. The Kier molecular flexibility index (Phi) is 4.93. The molecule has 0 fully saturated rings. The van der Waals surface area contributed by atoms with Gasteiger partial charge in [0.25, 0.3) is 0 Å². The fourth-order valence-corrected chi connectivity index (χ4v) is 2.14. The topological polar surface area (TPSA) is 51.4 Å². The Labute approximate surface area is 120 Å². The molecule has 0 aliphatic heterocycles. The van der Waals surface area contributed by atoms with E-state index in [0.29, 0.717) is 0 Å². The third-order valence-corrected chi connectivity index (χ3v) is 3.16. The van der Waals surface area contributed by atoms with Gasteiger partial charge in [-0.05, 0) is 33.0 Å². The lowest BCUT2D eigenvalue weighted by atomic mass is 10.1. The number of hydrogen-bond acceptors (Lipinski definition) is 4. The van der Waals surface area contributed by atoms with Gasteiger partial charge in [-0.2, -0.15) is 0 Å². The Morgan fingerprint density at radius 1 is 1.30 bits per heavy atom. The van der Waals surface area contributed by atoms with Crippen molar-refractivity contribution in [2.75, 3.05) is 25.9 Å². The predicted molar refractivity (Wildman–Crippen MR) is 83.6 cm³/mol. The molecule has 0 saturated heterocycles. The van der Waals surface area contributed by atoms with Crippen molar-refractivity contribution in [3.8, 4) is 0 Å². The van der Waals surface area contributed by atoms with E-state index in [9.17, 15) is 0 Å². The molecule has 0 saturated carbocycles. The van der Waals surface area contributed by atoms with Crippen molar-refractivity contribution < 1.29 is 4.74 Å². The maximum absolute atomic E-state index is 6.09. The molecule has 1 aromatic carbocycles. The fraction of sp³-hybridized carbons (Fsp3) is 0.438. The minimum absolute atomic E-state index is 0.276. The van der Waals surface area contributed by atoms with Crippen molar-refractivity contribution >= 4 is 16.6 Å². The van der Waals surface area contributed by atoms with E-state index in [1.807, 2.05) is 44.2 Å². The maximum Gasteiger partial charge on any atom is 0.0726 e. The van der Waals surface area contributed by atoms with Crippen LogP contribution in [0.3, 0.4) is 0 Å². The first kappa shape index (κ1) is 14.8. The third-order valence-electron chi connectivity index (χ3n) is 3.16. The number of likely N-dealkylation sites (N-methyl/N-ethyl adjacent to an activating group) is 1. The third kappa shape index (κ3) is 3.92. The van der Waals surface area contributed by atoms with Gasteiger partial charge >= 0.3 is 0 Å². The highest BCUT2D eigenvalue weighted by atomic mass is 16.5. The zero-order valence-corrected chi connectivity index (χ0v) is 12.5. The van der Waals surface area contributed by atoms with Gasteiger partial charge in [-0.1, -0.05) is 18.2 Å². The van der Waals surface area contributed by atoms with Crippen LogP contribution in [-0.2, 0) is 11.3 Å². The normalized spacial score (nSPS) is 11.7. The van der Waals surface area contributed by atoms with Crippen LogP contribution in [0.5, 0.6) is 0 Å². The van der Waals surface area contributed by atoms with Gasteiger partial charge in [0.05, 0.1) is 23.9 Å². The highest BCUT2D eigenvalue weighted by Gasteiger charge is 2.06. The number of rotatable bonds is 6. The number of aromatic nitrogens is 1. The summed E-state index contributed by atoms with van der Waals surface area (Å²) in [7, 11) is 2.07. The Morgan fingerprint density at radius 3 is 2.80 bits per heavy atom. The Balaban J connectivity index is 2.02. The number of nitrogen functional groups attached to an aromatic ring is 1. The first-order chi connectivity index (χ1) is 9.56. The molecule has 0 atom stereocenters. The fourth-order valence-electron chi connectivity index (χ4n) is 2.14. The van der Waals surface area contributed by atoms with Crippen molar-refractivity contribution in [1.82, 2.24) is 9.88 Å². The van der Waals surface area contributed by atoms with Crippen molar-refractivity contribution in [1.29, 1.82) is 0 Å². The Hall–Kier alpha value is -1.65. The van der Waals surface area contributed by atoms with Crippen LogP contribution in [0.4, 0.5) is 5.69 Å². The van der Waals surface area contributed by atoms with Crippen molar-refractivity contribution in [3.63, 3.8) is 0 Å². The van der Waals surface area contributed by atoms with Gasteiger partial charge in [0.1, 0.15) is 0 Å². The zero-order chi connectivity index (χ0) is 14.5. The molecule has 2 N–H and O–H groups in total. The number of para-hydroxylation sites is 1. The summed E-state index contributed by atoms with van der Waals surface area (Å²) in [4.78, 5) is 6.85. The Bertz CT molecular complexity index is 569. The summed E-state index contributed by atoms with van der Waals surface area (Å²) in [6.45, 7) is 6.48. The van der Waals surface area contributed by atoms with E-state index >= 15 is 0 Å². The lowest BCUT2D eigenvalue weighted by molar-refractivity contribution is 0.0625. The molecule has 0 aliphatic rings. The van der Waals surface area contributed by atoms with Crippen LogP contribution in [-0.4, -0.2) is 36.2 Å². The summed E-state index contributed by atoms with van der Waals surface area (Å²) in [5, 5.41) is 1.02. The second kappa shape index (κ2) is 6.68. The molecule has 2 aromatic rings. The van der Waals surface area contributed by atoms with E-state index in [-0.39, 0.29) is 6.10 Å². The molecular formula is C16H23N3O. The van der Waals surface area contributed by atoms with Crippen LogP contribution in [0.1, 0.15) is 19.5 Å². The molecule has 2 rings (SSSR count). The second-order valence-corrected chi connectivity index (χ2v) is 5.38. The molecule has 1 heterocycles. The number of benzene rings is 1. The van der Waals surface area contributed by atoms with E-state index in [0.717, 1.165) is 42.0 Å². The molecule has 0 unspecified atom stereocenters. The summed E-state index contributed by atoms with van der Waals surface area (Å²) in [5.41, 5.74) is 8.83. The SMILES string of the molecule is CC(C)OCCN(C)Cc1cc(N)c2ccccc2n1. The number of fused-ring (bicyclic) bond motifs is 1. The molecule has 0 aliphatic carbocycles.